The van der Waals surface area contributed by atoms with E-state index >= 15 is 0 Å². The Morgan fingerprint density at radius 1 is 1.26 bits per heavy atom. The van der Waals surface area contributed by atoms with Gasteiger partial charge < -0.3 is 4.90 Å². The summed E-state index contributed by atoms with van der Waals surface area (Å²) in [5, 5.41) is 7.29. The molecule has 1 aromatic carbocycles. The summed E-state index contributed by atoms with van der Waals surface area (Å²) in [6, 6.07) is 10.4. The van der Waals surface area contributed by atoms with E-state index in [1.165, 1.54) is 12.0 Å². The van der Waals surface area contributed by atoms with Crippen LogP contribution in [0.25, 0.3) is 0 Å². The summed E-state index contributed by atoms with van der Waals surface area (Å²) in [6.07, 6.45) is 7.10. The minimum absolute atomic E-state index is 0.153. The lowest BCUT2D eigenvalue weighted by molar-refractivity contribution is -0.138. The summed E-state index contributed by atoms with van der Waals surface area (Å²) in [5.74, 6) is 0.308. The number of likely N-dealkylation sites (tertiary alicyclic amines) is 1. The van der Waals surface area contributed by atoms with Gasteiger partial charge in [-0.2, -0.15) is 5.10 Å². The molecule has 1 aromatic heterocycles. The maximum absolute atomic E-state index is 13.4. The van der Waals surface area contributed by atoms with Gasteiger partial charge >= 0.3 is 0 Å². The number of amides is 1. The highest BCUT2D eigenvalue weighted by Gasteiger charge is 2.54. The van der Waals surface area contributed by atoms with Crippen LogP contribution in [0.5, 0.6) is 0 Å². The van der Waals surface area contributed by atoms with E-state index in [9.17, 15) is 4.79 Å². The van der Waals surface area contributed by atoms with Gasteiger partial charge in [0.2, 0.25) is 5.91 Å². The third-order valence-corrected chi connectivity index (χ3v) is 5.45. The largest absolute Gasteiger partial charge is 0.333 e. The summed E-state index contributed by atoms with van der Waals surface area (Å²) in [4.78, 5) is 15.5. The van der Waals surface area contributed by atoms with Crippen molar-refractivity contribution in [2.75, 3.05) is 6.54 Å². The molecule has 1 N–H and O–H groups in total. The first-order valence-corrected chi connectivity index (χ1v) is 8.59. The number of hydrogen-bond acceptors (Lipinski definition) is 2. The Balaban J connectivity index is 1.65. The molecule has 1 saturated carbocycles. The number of nitrogens with zero attached hydrogens (tertiary/aromatic N) is 2. The summed E-state index contributed by atoms with van der Waals surface area (Å²) >= 11 is 0. The molecule has 0 bridgehead atoms. The number of carbonyl (C=O) groups is 1. The minimum atomic E-state index is -0.273. The second-order valence-corrected chi connectivity index (χ2v) is 6.92. The molecule has 4 rings (SSSR count). The van der Waals surface area contributed by atoms with Crippen molar-refractivity contribution < 1.29 is 4.79 Å². The molecule has 0 radical (unpaired) electrons. The number of H-pyrrole nitrogens is 1. The molecule has 2 aromatic rings. The van der Waals surface area contributed by atoms with Crippen molar-refractivity contribution in [1.29, 1.82) is 0 Å². The first kappa shape index (κ1) is 14.5. The molecular formula is C19H23N3O. The van der Waals surface area contributed by atoms with Crippen LogP contribution >= 0.6 is 0 Å². The number of aromatic amines is 1. The van der Waals surface area contributed by atoms with E-state index in [4.69, 9.17) is 0 Å². The van der Waals surface area contributed by atoms with Crippen LogP contribution in [-0.2, 0) is 10.2 Å². The van der Waals surface area contributed by atoms with E-state index in [-0.39, 0.29) is 11.5 Å². The second kappa shape index (κ2) is 5.52. The molecular weight excluding hydrogens is 286 g/mol. The van der Waals surface area contributed by atoms with Crippen molar-refractivity contribution in [1.82, 2.24) is 15.1 Å². The number of benzene rings is 1. The zero-order valence-electron chi connectivity index (χ0n) is 13.6. The predicted octanol–water partition coefficient (Wildman–Crippen LogP) is 3.50. The van der Waals surface area contributed by atoms with Crippen LogP contribution in [0.3, 0.4) is 0 Å². The van der Waals surface area contributed by atoms with Crippen molar-refractivity contribution in [3.63, 3.8) is 0 Å². The number of aryl methyl sites for hydroxylation is 1. The van der Waals surface area contributed by atoms with Crippen molar-refractivity contribution in [3.8, 4) is 0 Å². The Kier molecular flexibility index (Phi) is 3.47. The topological polar surface area (TPSA) is 49.0 Å². The highest BCUT2D eigenvalue weighted by molar-refractivity contribution is 5.91. The Morgan fingerprint density at radius 2 is 2.04 bits per heavy atom. The minimum Gasteiger partial charge on any atom is -0.333 e. The maximum Gasteiger partial charge on any atom is 0.233 e. The van der Waals surface area contributed by atoms with Crippen LogP contribution in [0.2, 0.25) is 0 Å². The smallest absolute Gasteiger partial charge is 0.233 e. The third-order valence-electron chi connectivity index (χ3n) is 5.45. The lowest BCUT2D eigenvalue weighted by atomic mass is 9.90. The van der Waals surface area contributed by atoms with Gasteiger partial charge in [-0.25, -0.2) is 0 Å². The number of piperidine rings is 1. The van der Waals surface area contributed by atoms with Crippen molar-refractivity contribution in [2.24, 2.45) is 0 Å². The summed E-state index contributed by atoms with van der Waals surface area (Å²) < 4.78 is 0. The van der Waals surface area contributed by atoms with Gasteiger partial charge in [-0.05, 0) is 50.2 Å². The van der Waals surface area contributed by atoms with E-state index in [1.54, 1.807) is 0 Å². The average molecular weight is 309 g/mol. The monoisotopic (exact) mass is 309 g/mol. The van der Waals surface area contributed by atoms with Crippen molar-refractivity contribution in [2.45, 2.75) is 50.5 Å². The fourth-order valence-corrected chi connectivity index (χ4v) is 3.95. The van der Waals surface area contributed by atoms with Gasteiger partial charge in [-0.15, -0.1) is 0 Å². The van der Waals surface area contributed by atoms with E-state index in [0.717, 1.165) is 43.5 Å². The van der Waals surface area contributed by atoms with Gasteiger partial charge in [0.25, 0.3) is 0 Å². The van der Waals surface area contributed by atoms with Crippen LogP contribution in [0.1, 0.15) is 55.0 Å². The van der Waals surface area contributed by atoms with Crippen LogP contribution in [-0.4, -0.2) is 27.5 Å². The molecule has 23 heavy (non-hydrogen) atoms. The van der Waals surface area contributed by atoms with Gasteiger partial charge in [0.05, 0.1) is 23.3 Å². The molecule has 120 valence electrons. The van der Waals surface area contributed by atoms with Gasteiger partial charge in [0.15, 0.2) is 0 Å². The summed E-state index contributed by atoms with van der Waals surface area (Å²) in [5.41, 5.74) is 3.17. The van der Waals surface area contributed by atoms with E-state index in [1.807, 2.05) is 24.4 Å². The summed E-state index contributed by atoms with van der Waals surface area (Å²) in [6.45, 7) is 2.93. The quantitative estimate of drug-likeness (QED) is 0.943. The molecule has 1 aliphatic carbocycles. The molecule has 2 heterocycles. The standard InChI is InChI=1S/C19H23N3O/c1-14-13-20-21-17(14)16-9-5-6-12-22(16)18(23)19(10-11-19)15-7-3-2-4-8-15/h2-4,7-8,13,16H,5-6,9-12H2,1H3,(H,20,21)/t16-/m1/s1. The third kappa shape index (κ3) is 2.37. The van der Waals surface area contributed by atoms with Crippen LogP contribution in [0.15, 0.2) is 36.5 Å². The molecule has 2 fully saturated rings. The van der Waals surface area contributed by atoms with Crippen LogP contribution < -0.4 is 0 Å². The SMILES string of the molecule is Cc1cn[nH]c1[C@H]1CCCCN1C(=O)C1(c2ccccc2)CC1. The number of nitrogens with one attached hydrogen (secondary N) is 1. The van der Waals surface area contributed by atoms with Crippen LogP contribution in [0.4, 0.5) is 0 Å². The van der Waals surface area contributed by atoms with Gasteiger partial charge in [-0.1, -0.05) is 30.3 Å². The molecule has 0 unspecified atom stereocenters. The number of rotatable bonds is 3. The van der Waals surface area contributed by atoms with E-state index < -0.39 is 0 Å². The molecule has 1 amide bonds. The van der Waals surface area contributed by atoms with Crippen molar-refractivity contribution in [3.05, 3.63) is 53.3 Å². The number of hydrogen-bond donors (Lipinski definition) is 1. The zero-order chi connectivity index (χ0) is 15.9. The van der Waals surface area contributed by atoms with Gasteiger partial charge in [-0.3, -0.25) is 9.89 Å². The molecule has 1 atom stereocenters. The second-order valence-electron chi connectivity index (χ2n) is 6.92. The fraction of sp³-hybridized carbons (Fsp3) is 0.474. The molecule has 4 heteroatoms. The normalized spacial score (nSPS) is 22.8. The average Bonchev–Trinajstić information content (AvgIpc) is 3.31. The highest BCUT2D eigenvalue weighted by atomic mass is 16.2. The fourth-order valence-electron chi connectivity index (χ4n) is 3.95. The van der Waals surface area contributed by atoms with E-state index in [0.29, 0.717) is 5.91 Å². The molecule has 4 nitrogen and oxygen atoms in total. The Bertz CT molecular complexity index is 702. The first-order chi connectivity index (χ1) is 11.2. The van der Waals surface area contributed by atoms with Gasteiger partial charge in [0.1, 0.15) is 0 Å². The lowest BCUT2D eigenvalue weighted by Gasteiger charge is -2.38. The highest BCUT2D eigenvalue weighted by Crippen LogP contribution is 2.51. The number of carbonyl (C=O) groups excluding carboxylic acids is 1. The Hall–Kier alpha value is -2.10. The molecule has 2 aliphatic rings. The molecule has 1 saturated heterocycles. The maximum atomic E-state index is 13.4. The molecule has 1 aliphatic heterocycles. The predicted molar refractivity (Wildman–Crippen MR) is 89.0 cm³/mol. The first-order valence-electron chi connectivity index (χ1n) is 8.59. The molecule has 0 spiro atoms. The zero-order valence-corrected chi connectivity index (χ0v) is 13.6. The van der Waals surface area contributed by atoms with Crippen molar-refractivity contribution >= 4 is 5.91 Å². The van der Waals surface area contributed by atoms with Gasteiger partial charge in [0, 0.05) is 6.54 Å². The Labute approximate surface area is 136 Å². The Morgan fingerprint density at radius 3 is 2.70 bits per heavy atom. The van der Waals surface area contributed by atoms with Crippen LogP contribution in [0, 0.1) is 6.92 Å². The van der Waals surface area contributed by atoms with E-state index in [2.05, 4.69) is 34.2 Å². The number of aromatic nitrogens is 2. The summed E-state index contributed by atoms with van der Waals surface area (Å²) in [7, 11) is 0. The lowest BCUT2D eigenvalue weighted by Crippen LogP contribution is -2.44.